The van der Waals surface area contributed by atoms with Crippen molar-refractivity contribution in [2.24, 2.45) is 35.0 Å². The van der Waals surface area contributed by atoms with Crippen molar-refractivity contribution >= 4 is 5.78 Å². The number of hydrogen-bond acceptors (Lipinski definition) is 1. The molecule has 0 spiro atoms. The zero-order valence-corrected chi connectivity index (χ0v) is 8.29. The molecule has 70 valence electrons. The smallest absolute Gasteiger partial charge is 0.142 e. The summed E-state index contributed by atoms with van der Waals surface area (Å²) < 4.78 is 0. The Kier molecular flexibility index (Phi) is 1.15. The maximum absolute atomic E-state index is 12.0. The molecule has 3 fully saturated rings. The number of carbonyl (C=O) groups excluding carboxylic acids is 1. The average Bonchev–Trinajstić information content (AvgIpc) is 2.64. The zero-order valence-electron chi connectivity index (χ0n) is 8.29. The third-order valence-corrected chi connectivity index (χ3v) is 4.79. The van der Waals surface area contributed by atoms with Crippen LogP contribution in [0.15, 0.2) is 12.7 Å². The van der Waals surface area contributed by atoms with Crippen LogP contribution in [0.1, 0.15) is 20.3 Å². The third-order valence-electron chi connectivity index (χ3n) is 4.79. The van der Waals surface area contributed by atoms with E-state index in [9.17, 15) is 4.79 Å². The first kappa shape index (κ1) is 7.78. The van der Waals surface area contributed by atoms with E-state index in [1.165, 1.54) is 6.42 Å². The summed E-state index contributed by atoms with van der Waals surface area (Å²) >= 11 is 0. The second-order valence-corrected chi connectivity index (χ2v) is 5.51. The lowest BCUT2D eigenvalue weighted by Gasteiger charge is -2.24. The van der Waals surface area contributed by atoms with E-state index in [0.717, 1.165) is 5.92 Å². The van der Waals surface area contributed by atoms with Crippen molar-refractivity contribution in [3.8, 4) is 0 Å². The van der Waals surface area contributed by atoms with Gasteiger partial charge in [0, 0.05) is 11.3 Å². The third kappa shape index (κ3) is 0.651. The Balaban J connectivity index is 2.01. The normalized spacial score (nSPS) is 54.9. The molecule has 1 nitrogen and oxygen atoms in total. The molecule has 2 unspecified atom stereocenters. The van der Waals surface area contributed by atoms with Gasteiger partial charge in [0.2, 0.25) is 0 Å². The van der Waals surface area contributed by atoms with Crippen molar-refractivity contribution in [3.05, 3.63) is 12.7 Å². The number of fused-ring (bicyclic) bond motifs is 1. The lowest BCUT2D eigenvalue weighted by atomic mass is 9.78. The van der Waals surface area contributed by atoms with Crippen molar-refractivity contribution in [2.75, 3.05) is 0 Å². The monoisotopic (exact) mass is 176 g/mol. The first-order valence-corrected chi connectivity index (χ1v) is 5.26. The molecule has 0 aliphatic heterocycles. The molecular formula is C12H16O. The van der Waals surface area contributed by atoms with Gasteiger partial charge in [-0.05, 0) is 30.1 Å². The van der Waals surface area contributed by atoms with Crippen LogP contribution in [0.5, 0.6) is 0 Å². The molecule has 0 saturated heterocycles. The molecule has 3 rings (SSSR count). The highest BCUT2D eigenvalue weighted by molar-refractivity contribution is 5.93. The Bertz CT molecular complexity index is 302. The Hall–Kier alpha value is -0.590. The Morgan fingerprint density at radius 1 is 1.46 bits per heavy atom. The molecule has 3 aliphatic rings. The molecule has 1 heteroatoms. The van der Waals surface area contributed by atoms with Crippen LogP contribution < -0.4 is 0 Å². The van der Waals surface area contributed by atoms with Gasteiger partial charge in [-0.25, -0.2) is 0 Å². The van der Waals surface area contributed by atoms with Crippen molar-refractivity contribution in [1.82, 2.24) is 0 Å². The van der Waals surface area contributed by atoms with Gasteiger partial charge in [0.1, 0.15) is 5.78 Å². The number of ketones is 1. The second-order valence-electron chi connectivity index (χ2n) is 5.51. The lowest BCUT2D eigenvalue weighted by Crippen LogP contribution is -2.27. The van der Waals surface area contributed by atoms with Crippen molar-refractivity contribution in [1.29, 1.82) is 0 Å². The molecule has 3 aliphatic carbocycles. The Labute approximate surface area is 79.2 Å². The largest absolute Gasteiger partial charge is 0.299 e. The number of rotatable bonds is 1. The molecule has 0 aromatic heterocycles. The molecule has 0 aromatic rings. The van der Waals surface area contributed by atoms with Crippen molar-refractivity contribution in [2.45, 2.75) is 20.3 Å². The first-order valence-electron chi connectivity index (χ1n) is 5.26. The highest BCUT2D eigenvalue weighted by Crippen LogP contribution is 2.74. The van der Waals surface area contributed by atoms with Crippen LogP contribution >= 0.6 is 0 Å². The number of allylic oxidation sites excluding steroid dienone is 1. The van der Waals surface area contributed by atoms with Crippen LogP contribution in [-0.2, 0) is 4.79 Å². The van der Waals surface area contributed by atoms with Gasteiger partial charge < -0.3 is 0 Å². The summed E-state index contributed by atoms with van der Waals surface area (Å²) in [6.07, 6.45) is 3.29. The molecule has 0 radical (unpaired) electrons. The molecule has 0 bridgehead atoms. The van der Waals surface area contributed by atoms with Crippen LogP contribution in [0.25, 0.3) is 0 Å². The van der Waals surface area contributed by atoms with Crippen molar-refractivity contribution in [3.63, 3.8) is 0 Å². The molecule has 0 heterocycles. The van der Waals surface area contributed by atoms with Gasteiger partial charge in [-0.2, -0.15) is 0 Å². The zero-order chi connectivity index (χ0) is 9.38. The molecule has 0 aromatic carbocycles. The van der Waals surface area contributed by atoms with Gasteiger partial charge in [-0.15, -0.1) is 6.58 Å². The maximum Gasteiger partial charge on any atom is 0.142 e. The van der Waals surface area contributed by atoms with E-state index in [4.69, 9.17) is 0 Å². The van der Waals surface area contributed by atoms with Gasteiger partial charge in [-0.1, -0.05) is 19.9 Å². The van der Waals surface area contributed by atoms with E-state index in [1.807, 2.05) is 0 Å². The number of hydrogen-bond donors (Lipinski definition) is 0. The van der Waals surface area contributed by atoms with Gasteiger partial charge in [0.25, 0.3) is 0 Å². The summed E-state index contributed by atoms with van der Waals surface area (Å²) in [7, 11) is 0. The van der Waals surface area contributed by atoms with E-state index in [2.05, 4.69) is 26.5 Å². The molecule has 0 amide bonds. The van der Waals surface area contributed by atoms with Gasteiger partial charge in [0.05, 0.1) is 0 Å². The standard InChI is InChI=1S/C12H16O/c1-4-6-5-7-9-8(6)10(9)11(13)12(7,2)3/h4,6-10H,1,5H2,2-3H3/t6-,7-,8?,9-,10?/m0/s1. The van der Waals surface area contributed by atoms with Gasteiger partial charge in [0.15, 0.2) is 0 Å². The molecule has 0 N–H and O–H groups in total. The van der Waals surface area contributed by atoms with Crippen LogP contribution in [0.4, 0.5) is 0 Å². The lowest BCUT2D eigenvalue weighted by molar-refractivity contribution is -0.127. The minimum Gasteiger partial charge on any atom is -0.299 e. The summed E-state index contributed by atoms with van der Waals surface area (Å²) in [4.78, 5) is 12.0. The van der Waals surface area contributed by atoms with Crippen LogP contribution in [0.2, 0.25) is 0 Å². The SMILES string of the molecule is C=C[C@H]1C[C@H]2[C@@H]3C(C(=O)C2(C)C)C31. The molecule has 13 heavy (non-hydrogen) atoms. The predicted molar refractivity (Wildman–Crippen MR) is 51.1 cm³/mol. The summed E-state index contributed by atoms with van der Waals surface area (Å²) in [5.74, 6) is 3.71. The molecular weight excluding hydrogens is 160 g/mol. The fourth-order valence-corrected chi connectivity index (χ4v) is 4.03. The number of carbonyl (C=O) groups is 1. The maximum atomic E-state index is 12.0. The fraction of sp³-hybridized carbons (Fsp3) is 0.750. The second kappa shape index (κ2) is 1.92. The first-order chi connectivity index (χ1) is 6.09. The van der Waals surface area contributed by atoms with Crippen LogP contribution in [0.3, 0.4) is 0 Å². The summed E-state index contributed by atoms with van der Waals surface area (Å²) in [5, 5.41) is 0. The van der Waals surface area contributed by atoms with E-state index < -0.39 is 0 Å². The van der Waals surface area contributed by atoms with Crippen molar-refractivity contribution < 1.29 is 4.79 Å². The quantitative estimate of drug-likeness (QED) is 0.560. The predicted octanol–water partition coefficient (Wildman–Crippen LogP) is 2.28. The topological polar surface area (TPSA) is 17.1 Å². The van der Waals surface area contributed by atoms with E-state index >= 15 is 0 Å². The molecule has 5 atom stereocenters. The molecule has 3 saturated carbocycles. The van der Waals surface area contributed by atoms with E-state index in [0.29, 0.717) is 29.5 Å². The van der Waals surface area contributed by atoms with Crippen LogP contribution in [0, 0.1) is 35.0 Å². The minimum absolute atomic E-state index is 0.0242. The van der Waals surface area contributed by atoms with Gasteiger partial charge >= 0.3 is 0 Å². The summed E-state index contributed by atoms with van der Waals surface area (Å²) in [5.41, 5.74) is -0.0242. The highest BCUT2D eigenvalue weighted by Gasteiger charge is 2.74. The van der Waals surface area contributed by atoms with Crippen LogP contribution in [-0.4, -0.2) is 5.78 Å². The average molecular weight is 176 g/mol. The summed E-state index contributed by atoms with van der Waals surface area (Å²) in [6, 6.07) is 0. The van der Waals surface area contributed by atoms with E-state index in [-0.39, 0.29) is 5.41 Å². The minimum atomic E-state index is -0.0242. The summed E-state index contributed by atoms with van der Waals surface area (Å²) in [6.45, 7) is 8.15. The fourth-order valence-electron chi connectivity index (χ4n) is 4.03. The number of Topliss-reactive ketones (excluding diaryl/α,β-unsaturated/α-hetero) is 1. The Morgan fingerprint density at radius 3 is 2.62 bits per heavy atom. The highest BCUT2D eigenvalue weighted by atomic mass is 16.1. The van der Waals surface area contributed by atoms with E-state index in [1.54, 1.807) is 0 Å². The van der Waals surface area contributed by atoms with Gasteiger partial charge in [-0.3, -0.25) is 4.79 Å². The Morgan fingerprint density at radius 2 is 2.15 bits per heavy atom.